The molecule has 2 fully saturated rings. The van der Waals surface area contributed by atoms with E-state index in [1.54, 1.807) is 0 Å². The SMILES string of the molecule is CC=CC12CC1(C(C)CCCC)C2OC(C)CC. The first kappa shape index (κ1) is 14.1. The van der Waals surface area contributed by atoms with Crippen LogP contribution in [0.5, 0.6) is 0 Å². The van der Waals surface area contributed by atoms with Crippen molar-refractivity contribution in [3.63, 3.8) is 0 Å². The third kappa shape index (κ3) is 1.86. The molecule has 2 rings (SSSR count). The maximum absolute atomic E-state index is 6.28. The Kier molecular flexibility index (Phi) is 3.92. The van der Waals surface area contributed by atoms with Crippen LogP contribution in [0.15, 0.2) is 12.2 Å². The molecule has 1 nitrogen and oxygen atoms in total. The van der Waals surface area contributed by atoms with Gasteiger partial charge in [-0.05, 0) is 32.6 Å². The quantitative estimate of drug-likeness (QED) is 0.553. The molecule has 18 heavy (non-hydrogen) atoms. The highest BCUT2D eigenvalue weighted by atomic mass is 16.5. The number of fused-ring (bicyclic) bond motifs is 1. The summed E-state index contributed by atoms with van der Waals surface area (Å²) in [4.78, 5) is 0. The number of hydrogen-bond acceptors (Lipinski definition) is 1. The van der Waals surface area contributed by atoms with E-state index in [1.165, 1.54) is 25.7 Å². The van der Waals surface area contributed by atoms with Crippen molar-refractivity contribution in [3.8, 4) is 0 Å². The van der Waals surface area contributed by atoms with E-state index in [9.17, 15) is 0 Å². The number of rotatable bonds is 8. The van der Waals surface area contributed by atoms with Crippen molar-refractivity contribution in [1.29, 1.82) is 0 Å². The van der Waals surface area contributed by atoms with Gasteiger partial charge in [-0.2, -0.15) is 0 Å². The number of hydrogen-bond donors (Lipinski definition) is 0. The first-order valence-corrected chi connectivity index (χ1v) is 7.88. The molecule has 0 aromatic carbocycles. The lowest BCUT2D eigenvalue weighted by molar-refractivity contribution is -0.00525. The van der Waals surface area contributed by atoms with Crippen molar-refractivity contribution in [2.45, 2.75) is 78.9 Å². The van der Waals surface area contributed by atoms with Gasteiger partial charge in [0, 0.05) is 10.8 Å². The van der Waals surface area contributed by atoms with E-state index in [4.69, 9.17) is 4.74 Å². The molecule has 1 heteroatoms. The molecule has 0 saturated heterocycles. The van der Waals surface area contributed by atoms with Crippen LogP contribution in [0.25, 0.3) is 0 Å². The lowest BCUT2D eigenvalue weighted by Gasteiger charge is -2.22. The van der Waals surface area contributed by atoms with Gasteiger partial charge in [-0.25, -0.2) is 0 Å². The maximum Gasteiger partial charge on any atom is 0.0744 e. The lowest BCUT2D eigenvalue weighted by atomic mass is 9.92. The second kappa shape index (κ2) is 5.00. The molecule has 0 radical (unpaired) electrons. The van der Waals surface area contributed by atoms with E-state index in [1.807, 2.05) is 0 Å². The van der Waals surface area contributed by atoms with Gasteiger partial charge in [0.15, 0.2) is 0 Å². The molecule has 2 aliphatic rings. The van der Waals surface area contributed by atoms with E-state index >= 15 is 0 Å². The lowest BCUT2D eigenvalue weighted by Crippen LogP contribution is -2.22. The van der Waals surface area contributed by atoms with Gasteiger partial charge in [0.2, 0.25) is 0 Å². The first-order chi connectivity index (χ1) is 8.59. The highest BCUT2D eigenvalue weighted by Crippen LogP contribution is 2.90. The molecule has 104 valence electrons. The van der Waals surface area contributed by atoms with Gasteiger partial charge in [-0.3, -0.25) is 0 Å². The second-order valence-electron chi connectivity index (χ2n) is 6.54. The summed E-state index contributed by atoms with van der Waals surface area (Å²) in [5.41, 5.74) is 0.941. The van der Waals surface area contributed by atoms with E-state index in [0.29, 0.717) is 23.0 Å². The Balaban J connectivity index is 2.00. The third-order valence-corrected chi connectivity index (χ3v) is 5.46. The Labute approximate surface area is 113 Å². The van der Waals surface area contributed by atoms with Crippen LogP contribution in [0.1, 0.15) is 66.7 Å². The van der Waals surface area contributed by atoms with Crippen molar-refractivity contribution in [3.05, 3.63) is 12.2 Å². The molecular formula is C17H30O. The van der Waals surface area contributed by atoms with Crippen molar-refractivity contribution in [2.24, 2.45) is 16.7 Å². The molecule has 0 heterocycles. The maximum atomic E-state index is 6.28. The molecule has 0 N–H and O–H groups in total. The fourth-order valence-corrected chi connectivity index (χ4v) is 3.93. The number of unbranched alkanes of at least 4 members (excludes halogenated alkanes) is 1. The van der Waals surface area contributed by atoms with Gasteiger partial charge in [-0.1, -0.05) is 52.2 Å². The largest absolute Gasteiger partial charge is 0.374 e. The summed E-state index contributed by atoms with van der Waals surface area (Å²) in [6, 6.07) is 0. The molecule has 5 atom stereocenters. The summed E-state index contributed by atoms with van der Waals surface area (Å²) in [6.45, 7) is 11.3. The topological polar surface area (TPSA) is 9.23 Å². The molecule has 5 unspecified atom stereocenters. The molecule has 2 saturated carbocycles. The van der Waals surface area contributed by atoms with Crippen molar-refractivity contribution < 1.29 is 4.74 Å². The van der Waals surface area contributed by atoms with Gasteiger partial charge >= 0.3 is 0 Å². The molecule has 0 spiro atoms. The number of ether oxygens (including phenoxy) is 1. The molecule has 0 aromatic heterocycles. The monoisotopic (exact) mass is 250 g/mol. The van der Waals surface area contributed by atoms with Crippen LogP contribution in [0.2, 0.25) is 0 Å². The minimum atomic E-state index is 0.417. The predicted octanol–water partition coefficient (Wildman–Crippen LogP) is 4.96. The molecule has 0 aromatic rings. The average molecular weight is 250 g/mol. The Hall–Kier alpha value is -0.300. The Bertz CT molecular complexity index is 322. The standard InChI is InChI=1S/C17H30O/c1-6-9-10-13(4)17-12-16(17,11-7-2)15(17)18-14(5)8-3/h7,11,13-15H,6,8-10,12H2,1-5H3. The summed E-state index contributed by atoms with van der Waals surface area (Å²) < 4.78 is 6.28. The van der Waals surface area contributed by atoms with Crippen LogP contribution >= 0.6 is 0 Å². The summed E-state index contributed by atoms with van der Waals surface area (Å²) in [6.07, 6.45) is 12.1. The minimum Gasteiger partial charge on any atom is -0.374 e. The van der Waals surface area contributed by atoms with Gasteiger partial charge in [-0.15, -0.1) is 0 Å². The van der Waals surface area contributed by atoms with E-state index < -0.39 is 0 Å². The Morgan fingerprint density at radius 1 is 1.33 bits per heavy atom. The fourth-order valence-electron chi connectivity index (χ4n) is 3.93. The van der Waals surface area contributed by atoms with Crippen LogP contribution < -0.4 is 0 Å². The van der Waals surface area contributed by atoms with Crippen LogP contribution in [0.3, 0.4) is 0 Å². The van der Waals surface area contributed by atoms with Gasteiger partial charge in [0.1, 0.15) is 0 Å². The van der Waals surface area contributed by atoms with E-state index in [0.717, 1.165) is 12.3 Å². The molecular weight excluding hydrogens is 220 g/mol. The molecule has 0 aliphatic heterocycles. The van der Waals surface area contributed by atoms with Gasteiger partial charge < -0.3 is 4.74 Å². The van der Waals surface area contributed by atoms with Crippen LogP contribution in [-0.2, 0) is 4.74 Å². The van der Waals surface area contributed by atoms with Crippen LogP contribution in [0.4, 0.5) is 0 Å². The first-order valence-electron chi connectivity index (χ1n) is 7.88. The average Bonchev–Trinajstić information content (AvgIpc) is 3.18. The Morgan fingerprint density at radius 2 is 2.06 bits per heavy atom. The third-order valence-electron chi connectivity index (χ3n) is 5.46. The predicted molar refractivity (Wildman–Crippen MR) is 77.6 cm³/mol. The van der Waals surface area contributed by atoms with Crippen molar-refractivity contribution in [1.82, 2.24) is 0 Å². The van der Waals surface area contributed by atoms with Crippen molar-refractivity contribution >= 4 is 0 Å². The highest BCUT2D eigenvalue weighted by Gasteiger charge is 2.91. The van der Waals surface area contributed by atoms with Gasteiger partial charge in [0.05, 0.1) is 12.2 Å². The second-order valence-corrected chi connectivity index (χ2v) is 6.54. The number of allylic oxidation sites excluding steroid dienone is 1. The summed E-state index contributed by atoms with van der Waals surface area (Å²) in [5, 5.41) is 0. The summed E-state index contributed by atoms with van der Waals surface area (Å²) in [7, 11) is 0. The zero-order valence-electron chi connectivity index (χ0n) is 12.8. The zero-order chi connectivity index (χ0) is 13.4. The fraction of sp³-hybridized carbons (Fsp3) is 0.882. The summed E-state index contributed by atoms with van der Waals surface area (Å²) in [5.74, 6) is 0.822. The van der Waals surface area contributed by atoms with Crippen molar-refractivity contribution in [2.75, 3.05) is 0 Å². The molecule has 0 amide bonds. The van der Waals surface area contributed by atoms with Gasteiger partial charge in [0.25, 0.3) is 0 Å². The smallest absolute Gasteiger partial charge is 0.0744 e. The molecule has 0 bridgehead atoms. The molecule has 2 aliphatic carbocycles. The normalized spacial score (nSPS) is 40.6. The van der Waals surface area contributed by atoms with E-state index in [2.05, 4.69) is 46.8 Å². The zero-order valence-corrected chi connectivity index (χ0v) is 12.8. The van der Waals surface area contributed by atoms with Crippen LogP contribution in [-0.4, -0.2) is 12.2 Å². The Morgan fingerprint density at radius 3 is 2.61 bits per heavy atom. The minimum absolute atomic E-state index is 0.417. The highest BCUT2D eigenvalue weighted by molar-refractivity contribution is 5.46. The van der Waals surface area contributed by atoms with E-state index in [-0.39, 0.29) is 0 Å². The summed E-state index contributed by atoms with van der Waals surface area (Å²) >= 11 is 0. The van der Waals surface area contributed by atoms with Crippen LogP contribution in [0, 0.1) is 16.7 Å².